The average molecular weight is 408 g/mol. The van der Waals surface area contributed by atoms with Gasteiger partial charge in [-0.15, -0.1) is 0 Å². The van der Waals surface area contributed by atoms with E-state index in [2.05, 4.69) is 10.6 Å². The van der Waals surface area contributed by atoms with Crippen molar-refractivity contribution in [3.63, 3.8) is 0 Å². The number of benzene rings is 2. The summed E-state index contributed by atoms with van der Waals surface area (Å²) in [4.78, 5) is 26.2. The summed E-state index contributed by atoms with van der Waals surface area (Å²) >= 11 is 11.9. The molecule has 1 saturated heterocycles. The third-order valence-corrected chi connectivity index (χ3v) is 4.65. The molecule has 3 amide bonds. The van der Waals surface area contributed by atoms with E-state index in [9.17, 15) is 9.59 Å². The van der Waals surface area contributed by atoms with E-state index in [-0.39, 0.29) is 18.4 Å². The number of hydrogen-bond donors (Lipinski definition) is 2. The Morgan fingerprint density at radius 2 is 1.96 bits per heavy atom. The van der Waals surface area contributed by atoms with Crippen molar-refractivity contribution in [1.29, 1.82) is 0 Å². The van der Waals surface area contributed by atoms with E-state index in [1.807, 2.05) is 31.2 Å². The highest BCUT2D eigenvalue weighted by Gasteiger charge is 2.31. The summed E-state index contributed by atoms with van der Waals surface area (Å²) in [5.41, 5.74) is 1.22. The second kappa shape index (κ2) is 8.50. The van der Waals surface area contributed by atoms with Crippen LogP contribution in [0.3, 0.4) is 0 Å². The molecule has 0 radical (unpaired) electrons. The highest BCUT2D eigenvalue weighted by atomic mass is 35.5. The summed E-state index contributed by atoms with van der Waals surface area (Å²) < 4.78 is 5.41. The van der Waals surface area contributed by atoms with Gasteiger partial charge in [-0.05, 0) is 49.4 Å². The second-order valence-electron chi connectivity index (χ2n) is 6.05. The molecule has 0 aliphatic carbocycles. The molecule has 27 heavy (non-hydrogen) atoms. The first-order valence-electron chi connectivity index (χ1n) is 8.52. The smallest absolute Gasteiger partial charge is 0.319 e. The van der Waals surface area contributed by atoms with Crippen LogP contribution in [0.1, 0.15) is 13.3 Å². The van der Waals surface area contributed by atoms with Crippen molar-refractivity contribution in [3.8, 4) is 5.75 Å². The summed E-state index contributed by atoms with van der Waals surface area (Å²) in [7, 11) is 0. The molecular weight excluding hydrogens is 389 g/mol. The van der Waals surface area contributed by atoms with Crippen LogP contribution >= 0.6 is 23.2 Å². The van der Waals surface area contributed by atoms with Crippen molar-refractivity contribution < 1.29 is 14.3 Å². The number of amides is 3. The van der Waals surface area contributed by atoms with E-state index in [1.54, 1.807) is 23.1 Å². The number of rotatable bonds is 5. The molecule has 0 bridgehead atoms. The zero-order valence-electron chi connectivity index (χ0n) is 14.7. The highest BCUT2D eigenvalue weighted by Crippen LogP contribution is 2.26. The van der Waals surface area contributed by atoms with Crippen molar-refractivity contribution in [3.05, 3.63) is 52.5 Å². The molecule has 0 saturated carbocycles. The molecule has 0 aromatic heterocycles. The summed E-state index contributed by atoms with van der Waals surface area (Å²) in [6, 6.07) is 11.4. The van der Waals surface area contributed by atoms with E-state index in [0.717, 1.165) is 11.4 Å². The largest absolute Gasteiger partial charge is 0.494 e. The fraction of sp³-hybridized carbons (Fsp3) is 0.263. The van der Waals surface area contributed by atoms with Gasteiger partial charge >= 0.3 is 6.03 Å². The minimum absolute atomic E-state index is 0.0472. The molecule has 1 aliphatic rings. The Labute approximate surface area is 167 Å². The molecule has 3 rings (SSSR count). The van der Waals surface area contributed by atoms with E-state index < -0.39 is 6.03 Å². The predicted octanol–water partition coefficient (Wildman–Crippen LogP) is 4.32. The molecule has 1 heterocycles. The van der Waals surface area contributed by atoms with Gasteiger partial charge in [0, 0.05) is 23.7 Å². The number of nitrogens with zero attached hydrogens (tertiary/aromatic N) is 1. The second-order valence-corrected chi connectivity index (χ2v) is 6.90. The maximum Gasteiger partial charge on any atom is 0.319 e. The lowest BCUT2D eigenvalue weighted by Crippen LogP contribution is -2.39. The SMILES string of the molecule is CCOc1ccc(N2C[C@@H](NC(=O)Nc3ccc(Cl)cc3Cl)CC2=O)cc1. The molecule has 0 spiro atoms. The molecular formula is C19H19Cl2N3O3. The summed E-state index contributed by atoms with van der Waals surface area (Å²) in [6.45, 7) is 2.89. The maximum absolute atomic E-state index is 12.3. The standard InChI is InChI=1S/C19H19Cl2N3O3/c1-2-27-15-6-4-14(5-7-15)24-11-13(10-18(24)25)22-19(26)23-17-8-3-12(20)9-16(17)21/h3-9,13H,2,10-11H2,1H3,(H2,22,23,26)/t13-/m0/s1. The van der Waals surface area contributed by atoms with Gasteiger partial charge in [-0.1, -0.05) is 23.2 Å². The lowest BCUT2D eigenvalue weighted by Gasteiger charge is -2.18. The Bertz CT molecular complexity index is 843. The van der Waals surface area contributed by atoms with Crippen molar-refractivity contribution in [2.24, 2.45) is 0 Å². The fourth-order valence-corrected chi connectivity index (χ4v) is 3.33. The number of anilines is 2. The topological polar surface area (TPSA) is 70.7 Å². The zero-order valence-corrected chi connectivity index (χ0v) is 16.2. The molecule has 8 heteroatoms. The van der Waals surface area contributed by atoms with E-state index in [0.29, 0.717) is 28.9 Å². The van der Waals surface area contributed by atoms with E-state index >= 15 is 0 Å². The van der Waals surface area contributed by atoms with Gasteiger partial charge in [0.2, 0.25) is 5.91 Å². The van der Waals surface area contributed by atoms with Crippen molar-refractivity contribution in [2.45, 2.75) is 19.4 Å². The number of nitrogens with one attached hydrogen (secondary N) is 2. The van der Waals surface area contributed by atoms with Crippen LogP contribution in [-0.4, -0.2) is 31.1 Å². The van der Waals surface area contributed by atoms with Crippen molar-refractivity contribution >= 4 is 46.5 Å². The Morgan fingerprint density at radius 3 is 2.63 bits per heavy atom. The van der Waals surface area contributed by atoms with Crippen LogP contribution in [0.15, 0.2) is 42.5 Å². The van der Waals surface area contributed by atoms with E-state index in [4.69, 9.17) is 27.9 Å². The van der Waals surface area contributed by atoms with E-state index in [1.165, 1.54) is 0 Å². The van der Waals surface area contributed by atoms with Gasteiger partial charge in [-0.2, -0.15) is 0 Å². The van der Waals surface area contributed by atoms with Crippen LogP contribution < -0.4 is 20.3 Å². The van der Waals surface area contributed by atoms with Gasteiger partial charge in [0.05, 0.1) is 23.4 Å². The lowest BCUT2D eigenvalue weighted by atomic mass is 10.2. The quantitative estimate of drug-likeness (QED) is 0.774. The predicted molar refractivity (Wildman–Crippen MR) is 107 cm³/mol. The third-order valence-electron chi connectivity index (χ3n) is 4.10. The van der Waals surface area contributed by atoms with Crippen molar-refractivity contribution in [1.82, 2.24) is 5.32 Å². The maximum atomic E-state index is 12.3. The average Bonchev–Trinajstić information content (AvgIpc) is 2.98. The van der Waals surface area contributed by atoms with Crippen LogP contribution in [0.25, 0.3) is 0 Å². The molecule has 142 valence electrons. The lowest BCUT2D eigenvalue weighted by molar-refractivity contribution is -0.117. The van der Waals surface area contributed by atoms with Crippen LogP contribution in [0.5, 0.6) is 5.75 Å². The number of urea groups is 1. The molecule has 6 nitrogen and oxygen atoms in total. The third kappa shape index (κ3) is 4.84. The Kier molecular flexibility index (Phi) is 6.08. The highest BCUT2D eigenvalue weighted by molar-refractivity contribution is 6.36. The normalized spacial score (nSPS) is 16.3. The van der Waals surface area contributed by atoms with Gasteiger partial charge in [0.1, 0.15) is 5.75 Å². The van der Waals surface area contributed by atoms with Gasteiger partial charge in [-0.3, -0.25) is 4.79 Å². The van der Waals surface area contributed by atoms with Crippen LogP contribution in [0.4, 0.5) is 16.2 Å². The Morgan fingerprint density at radius 1 is 1.22 bits per heavy atom. The summed E-state index contributed by atoms with van der Waals surface area (Å²) in [6.07, 6.45) is 0.231. The molecule has 1 atom stereocenters. The van der Waals surface area contributed by atoms with Gasteiger partial charge in [-0.25, -0.2) is 4.79 Å². The number of ether oxygens (including phenoxy) is 1. The molecule has 2 aromatic rings. The molecule has 2 N–H and O–H groups in total. The number of halogens is 2. The number of carbonyl (C=O) groups is 2. The molecule has 1 fully saturated rings. The van der Waals surface area contributed by atoms with Gasteiger partial charge in [0.15, 0.2) is 0 Å². The summed E-state index contributed by atoms with van der Waals surface area (Å²) in [5.74, 6) is 0.704. The van der Waals surface area contributed by atoms with Crippen LogP contribution in [0.2, 0.25) is 10.0 Å². The summed E-state index contributed by atoms with van der Waals surface area (Å²) in [5, 5.41) is 6.30. The first-order valence-corrected chi connectivity index (χ1v) is 9.27. The molecule has 1 aliphatic heterocycles. The monoisotopic (exact) mass is 407 g/mol. The molecule has 2 aromatic carbocycles. The first kappa shape index (κ1) is 19.3. The van der Waals surface area contributed by atoms with Crippen LogP contribution in [0, 0.1) is 0 Å². The first-order chi connectivity index (χ1) is 13.0. The minimum Gasteiger partial charge on any atom is -0.494 e. The van der Waals surface area contributed by atoms with Gasteiger partial charge in [0.25, 0.3) is 0 Å². The van der Waals surface area contributed by atoms with Crippen molar-refractivity contribution in [2.75, 3.05) is 23.4 Å². The zero-order chi connectivity index (χ0) is 19.4. The van der Waals surface area contributed by atoms with Crippen LogP contribution in [-0.2, 0) is 4.79 Å². The molecule has 0 unspecified atom stereocenters. The Hall–Kier alpha value is -2.44. The Balaban J connectivity index is 1.59. The fourth-order valence-electron chi connectivity index (χ4n) is 2.88. The minimum atomic E-state index is -0.425. The number of carbonyl (C=O) groups excluding carboxylic acids is 2. The number of hydrogen-bond acceptors (Lipinski definition) is 3. The van der Waals surface area contributed by atoms with Gasteiger partial charge < -0.3 is 20.3 Å².